The zero-order valence-electron chi connectivity index (χ0n) is 27.6. The maximum atomic E-state index is 13.8. The van der Waals surface area contributed by atoms with Crippen molar-refractivity contribution in [3.63, 3.8) is 0 Å². The number of pyridine rings is 1. The first-order valence-corrected chi connectivity index (χ1v) is 15.5. The lowest BCUT2D eigenvalue weighted by molar-refractivity contribution is -0.192. The fourth-order valence-corrected chi connectivity index (χ4v) is 4.58. The summed E-state index contributed by atoms with van der Waals surface area (Å²) < 4.78 is 43.6. The Morgan fingerprint density at radius 1 is 0.959 bits per heavy atom. The Balaban J connectivity index is 0.000000838. The molecule has 1 aromatic heterocycles. The van der Waals surface area contributed by atoms with Crippen LogP contribution >= 0.6 is 0 Å². The number of anilines is 3. The van der Waals surface area contributed by atoms with E-state index in [9.17, 15) is 22.8 Å². The molecule has 14 heteroatoms. The molecule has 6 N–H and O–H groups in total. The predicted molar refractivity (Wildman–Crippen MR) is 181 cm³/mol. The number of amides is 2. The molecule has 2 amide bonds. The van der Waals surface area contributed by atoms with Crippen molar-refractivity contribution in [1.29, 1.82) is 0 Å². The Morgan fingerprint density at radius 3 is 2.35 bits per heavy atom. The molecule has 0 fully saturated rings. The van der Waals surface area contributed by atoms with Crippen LogP contribution in [0.15, 0.2) is 72.9 Å². The number of rotatable bonds is 13. The van der Waals surface area contributed by atoms with Crippen molar-refractivity contribution in [1.82, 2.24) is 10.3 Å². The molecule has 1 unspecified atom stereocenters. The number of hydrogen-bond acceptors (Lipinski definition) is 8. The maximum Gasteiger partial charge on any atom is 0.490 e. The molecule has 0 bridgehead atoms. The number of carboxylic acids is 1. The number of nitrogens with two attached hydrogens (primary N) is 1. The summed E-state index contributed by atoms with van der Waals surface area (Å²) in [6, 6.07) is 19.8. The van der Waals surface area contributed by atoms with Gasteiger partial charge in [0.1, 0.15) is 11.9 Å². The van der Waals surface area contributed by atoms with E-state index in [0.29, 0.717) is 41.6 Å². The first-order chi connectivity index (χ1) is 23.2. The van der Waals surface area contributed by atoms with Crippen molar-refractivity contribution in [2.45, 2.75) is 65.4 Å². The topological polar surface area (TPSA) is 165 Å². The minimum absolute atomic E-state index is 0.0330. The van der Waals surface area contributed by atoms with Crippen LogP contribution in [0.1, 0.15) is 57.7 Å². The van der Waals surface area contributed by atoms with Crippen LogP contribution < -0.4 is 31.2 Å². The summed E-state index contributed by atoms with van der Waals surface area (Å²) in [6.07, 6.45) is -2.23. The zero-order valence-corrected chi connectivity index (χ0v) is 27.6. The highest BCUT2D eigenvalue weighted by atomic mass is 19.4. The van der Waals surface area contributed by atoms with E-state index >= 15 is 0 Å². The number of carbonyl (C=O) groups is 3. The Kier molecular flexibility index (Phi) is 13.6. The third kappa shape index (κ3) is 11.6. The highest BCUT2D eigenvalue weighted by Gasteiger charge is 2.38. The summed E-state index contributed by atoms with van der Waals surface area (Å²) in [5, 5.41) is 18.2. The van der Waals surface area contributed by atoms with E-state index in [1.165, 1.54) is 0 Å². The molecule has 262 valence electrons. The van der Waals surface area contributed by atoms with E-state index in [-0.39, 0.29) is 24.5 Å². The second-order valence-corrected chi connectivity index (χ2v) is 11.0. The molecule has 0 saturated carbocycles. The second-order valence-electron chi connectivity index (χ2n) is 11.0. The van der Waals surface area contributed by atoms with Crippen molar-refractivity contribution in [3.05, 3.63) is 84.1 Å². The van der Waals surface area contributed by atoms with Crippen LogP contribution in [0.25, 0.3) is 10.8 Å². The Labute approximate surface area is 282 Å². The van der Waals surface area contributed by atoms with Gasteiger partial charge in [-0.25, -0.2) is 9.78 Å². The molecule has 49 heavy (non-hydrogen) atoms. The maximum absolute atomic E-state index is 13.8. The quantitative estimate of drug-likeness (QED) is 0.101. The highest BCUT2D eigenvalue weighted by Crippen LogP contribution is 2.33. The fourth-order valence-electron chi connectivity index (χ4n) is 4.58. The van der Waals surface area contributed by atoms with Gasteiger partial charge in [0.15, 0.2) is 11.5 Å². The summed E-state index contributed by atoms with van der Waals surface area (Å²) in [7, 11) is 0. The van der Waals surface area contributed by atoms with Gasteiger partial charge in [-0.05, 0) is 92.2 Å². The van der Waals surface area contributed by atoms with Gasteiger partial charge in [-0.1, -0.05) is 25.1 Å². The number of fused-ring (bicyclic) bond motifs is 1. The molecule has 3 aromatic carbocycles. The van der Waals surface area contributed by atoms with E-state index < -0.39 is 18.2 Å². The van der Waals surface area contributed by atoms with Crippen LogP contribution in [0.3, 0.4) is 0 Å². The monoisotopic (exact) mass is 683 g/mol. The lowest BCUT2D eigenvalue weighted by Gasteiger charge is -2.22. The van der Waals surface area contributed by atoms with Crippen molar-refractivity contribution in [3.8, 4) is 11.5 Å². The number of aromatic nitrogens is 1. The number of aliphatic carboxylic acids is 1. The van der Waals surface area contributed by atoms with E-state index in [2.05, 4.69) is 20.9 Å². The molecule has 0 radical (unpaired) electrons. The van der Waals surface area contributed by atoms with Crippen molar-refractivity contribution >= 4 is 45.7 Å². The highest BCUT2D eigenvalue weighted by molar-refractivity contribution is 5.94. The molecular weight excluding hydrogens is 643 g/mol. The minimum atomic E-state index is -5.08. The molecule has 4 aromatic rings. The number of halogens is 3. The molecule has 0 aliphatic heterocycles. The predicted octanol–water partition coefficient (Wildman–Crippen LogP) is 6.84. The van der Waals surface area contributed by atoms with Gasteiger partial charge in [-0.3, -0.25) is 9.59 Å². The normalized spacial score (nSPS) is 11.6. The Morgan fingerprint density at radius 2 is 1.69 bits per heavy atom. The van der Waals surface area contributed by atoms with Crippen LogP contribution in [0.5, 0.6) is 11.5 Å². The lowest BCUT2D eigenvalue weighted by atomic mass is 10.0. The van der Waals surface area contributed by atoms with Crippen LogP contribution in [0.2, 0.25) is 0 Å². The molecule has 0 spiro atoms. The fraction of sp³-hybridized carbons (Fsp3) is 0.314. The Bertz CT molecular complexity index is 1750. The van der Waals surface area contributed by atoms with Crippen LogP contribution in [-0.4, -0.2) is 46.8 Å². The van der Waals surface area contributed by atoms with Gasteiger partial charge in [0.2, 0.25) is 11.8 Å². The number of ether oxygens (including phenoxy) is 2. The number of hydrogen-bond donors (Lipinski definition) is 5. The molecule has 0 aliphatic carbocycles. The molecule has 1 atom stereocenters. The summed E-state index contributed by atoms with van der Waals surface area (Å²) in [5.74, 6) is -1.40. The first kappa shape index (κ1) is 37.9. The average molecular weight is 684 g/mol. The van der Waals surface area contributed by atoms with Gasteiger partial charge >= 0.3 is 12.1 Å². The van der Waals surface area contributed by atoms with E-state index in [0.717, 1.165) is 28.4 Å². The van der Waals surface area contributed by atoms with Gasteiger partial charge in [0.25, 0.3) is 0 Å². The summed E-state index contributed by atoms with van der Waals surface area (Å²) >= 11 is 0. The van der Waals surface area contributed by atoms with Crippen molar-refractivity contribution in [2.75, 3.05) is 23.0 Å². The van der Waals surface area contributed by atoms with Gasteiger partial charge in [-0.2, -0.15) is 13.2 Å². The first-order valence-electron chi connectivity index (χ1n) is 15.5. The van der Waals surface area contributed by atoms with Crippen molar-refractivity contribution < 1.29 is 42.1 Å². The number of carbonyl (C=O) groups excluding carboxylic acids is 2. The van der Waals surface area contributed by atoms with Gasteiger partial charge in [0, 0.05) is 35.9 Å². The summed E-state index contributed by atoms with van der Waals surface area (Å²) in [5.41, 5.74) is 9.06. The van der Waals surface area contributed by atoms with E-state index in [1.54, 1.807) is 6.20 Å². The van der Waals surface area contributed by atoms with E-state index in [1.807, 2.05) is 94.4 Å². The molecule has 0 aliphatic rings. The smallest absolute Gasteiger partial charge is 0.490 e. The zero-order chi connectivity index (χ0) is 36.1. The summed E-state index contributed by atoms with van der Waals surface area (Å²) in [6.45, 7) is 8.50. The molecule has 4 rings (SSSR count). The van der Waals surface area contributed by atoms with Crippen LogP contribution in [0, 0.1) is 0 Å². The van der Waals surface area contributed by atoms with Crippen LogP contribution in [-0.2, 0) is 20.9 Å². The van der Waals surface area contributed by atoms with Gasteiger partial charge in [0.05, 0.1) is 12.7 Å². The molecule has 11 nitrogen and oxygen atoms in total. The molecule has 1 heterocycles. The number of nitrogens with one attached hydrogen (secondary N) is 3. The summed E-state index contributed by atoms with van der Waals surface area (Å²) in [4.78, 5) is 38.9. The Hall–Kier alpha value is -5.53. The lowest BCUT2D eigenvalue weighted by Crippen LogP contribution is -2.33. The third-order valence-corrected chi connectivity index (χ3v) is 6.73. The third-order valence-electron chi connectivity index (χ3n) is 6.73. The number of alkyl halides is 3. The van der Waals surface area contributed by atoms with Gasteiger partial charge < -0.3 is 36.3 Å². The molecular formula is C35H40F3N5O6. The number of nitrogens with zero attached hydrogens (tertiary/aromatic N) is 1. The van der Waals surface area contributed by atoms with E-state index in [4.69, 9.17) is 25.1 Å². The standard InChI is InChI=1S/C33H39N5O4.C2HF3O2/c1-5-8-30(39)37-25-10-7-9-22(17-25)20-36-33(40)31(24-11-14-28(42-21(3)4)29(19-24)41-6-2)38-26-12-13-27-23(18-26)15-16-35-32(27)34;3-2(4,5)1(6)7/h7,9-19,21,31,38H,5-6,8,20H2,1-4H3,(H2,34,35)(H,36,40)(H,37,39);(H,6,7). The minimum Gasteiger partial charge on any atom is -0.490 e. The number of nitrogen functional groups attached to an aromatic ring is 1. The van der Waals surface area contributed by atoms with Crippen LogP contribution in [0.4, 0.5) is 30.4 Å². The average Bonchev–Trinajstić information content (AvgIpc) is 3.03. The second kappa shape index (κ2) is 17.6. The van der Waals surface area contributed by atoms with Gasteiger partial charge in [-0.15, -0.1) is 0 Å². The SMILES string of the molecule is CCCC(=O)Nc1cccc(CNC(=O)C(Nc2ccc3c(N)nccc3c2)c2ccc(OC(C)C)c(OCC)c2)c1.O=C(O)C(F)(F)F. The van der Waals surface area contributed by atoms with Crippen molar-refractivity contribution in [2.24, 2.45) is 0 Å². The largest absolute Gasteiger partial charge is 0.490 e. The number of carboxylic acid groups (broad SMARTS) is 1. The molecule has 0 saturated heterocycles. The number of benzene rings is 3.